The third kappa shape index (κ3) is 4.91. The molecule has 4 heterocycles. The molecule has 0 radical (unpaired) electrons. The fourth-order valence-electron chi connectivity index (χ4n) is 4.74. The molecule has 1 aromatic carbocycles. The zero-order valence-electron chi connectivity index (χ0n) is 21.9. The number of halogens is 2. The van der Waals surface area contributed by atoms with E-state index in [1.54, 1.807) is 31.6 Å². The summed E-state index contributed by atoms with van der Waals surface area (Å²) in [5, 5.41) is 14.2. The topological polar surface area (TPSA) is 139 Å². The van der Waals surface area contributed by atoms with Crippen LogP contribution in [0.25, 0.3) is 22.2 Å². The number of ether oxygens (including phenoxy) is 2. The van der Waals surface area contributed by atoms with Crippen LogP contribution in [0.15, 0.2) is 48.0 Å². The van der Waals surface area contributed by atoms with Crippen molar-refractivity contribution in [1.29, 1.82) is 0 Å². The summed E-state index contributed by atoms with van der Waals surface area (Å²) in [4.78, 5) is 36.8. The molecule has 5 rings (SSSR count). The third-order valence-corrected chi connectivity index (χ3v) is 7.50. The zero-order valence-corrected chi connectivity index (χ0v) is 23.4. The van der Waals surface area contributed by atoms with E-state index in [-0.39, 0.29) is 44.7 Å². The first kappa shape index (κ1) is 27.3. The smallest absolute Gasteiger partial charge is 0.259 e. The quantitative estimate of drug-likeness (QED) is 0.266. The highest BCUT2D eigenvalue weighted by atomic mass is 35.5. The number of fused-ring (bicyclic) bond motifs is 1. The van der Waals surface area contributed by atoms with Crippen LogP contribution in [0.4, 0.5) is 11.8 Å². The van der Waals surface area contributed by atoms with Gasteiger partial charge in [0.05, 0.1) is 41.9 Å². The number of aromatic amines is 1. The first-order valence-electron chi connectivity index (χ1n) is 12.2. The third-order valence-electron chi connectivity index (χ3n) is 6.75. The van der Waals surface area contributed by atoms with Crippen LogP contribution in [0.3, 0.4) is 0 Å². The highest BCUT2D eigenvalue weighted by Crippen LogP contribution is 2.45. The van der Waals surface area contributed by atoms with Crippen molar-refractivity contribution in [2.75, 3.05) is 37.5 Å². The molecule has 1 fully saturated rings. The Hall–Kier alpha value is -4.29. The van der Waals surface area contributed by atoms with Gasteiger partial charge in [-0.25, -0.2) is 4.98 Å². The molecule has 14 heteroatoms. The van der Waals surface area contributed by atoms with E-state index in [0.717, 1.165) is 5.82 Å². The van der Waals surface area contributed by atoms with E-state index in [9.17, 15) is 9.59 Å². The maximum Gasteiger partial charge on any atom is 0.259 e. The Balaban J connectivity index is 1.51. The van der Waals surface area contributed by atoms with E-state index in [4.69, 9.17) is 32.7 Å². The van der Waals surface area contributed by atoms with Crippen LogP contribution in [0, 0.1) is 0 Å². The van der Waals surface area contributed by atoms with Gasteiger partial charge in [-0.2, -0.15) is 10.1 Å². The van der Waals surface area contributed by atoms with Crippen LogP contribution in [-0.2, 0) is 11.8 Å². The summed E-state index contributed by atoms with van der Waals surface area (Å²) in [5.41, 5.74) is 0.540. The van der Waals surface area contributed by atoms with Gasteiger partial charge < -0.3 is 25.0 Å². The van der Waals surface area contributed by atoms with Gasteiger partial charge in [0.25, 0.3) is 5.56 Å². The normalized spacial score (nSPS) is 16.7. The number of amides is 1. The number of pyridine rings is 1. The molecular weight excluding hydrogens is 559 g/mol. The second-order valence-corrected chi connectivity index (χ2v) is 9.84. The van der Waals surface area contributed by atoms with Crippen LogP contribution in [0.1, 0.15) is 0 Å². The molecule has 2 atom stereocenters. The molecule has 3 aromatic heterocycles. The van der Waals surface area contributed by atoms with Crippen molar-refractivity contribution in [2.24, 2.45) is 7.05 Å². The van der Waals surface area contributed by atoms with Crippen molar-refractivity contribution >= 4 is 51.9 Å². The van der Waals surface area contributed by atoms with Gasteiger partial charge in [-0.15, -0.1) is 0 Å². The highest BCUT2D eigenvalue weighted by Gasteiger charge is 2.35. The van der Waals surface area contributed by atoms with Gasteiger partial charge >= 0.3 is 0 Å². The molecular formula is C26H26Cl2N8O4. The van der Waals surface area contributed by atoms with Gasteiger partial charge in [0.1, 0.15) is 23.0 Å². The van der Waals surface area contributed by atoms with Crippen molar-refractivity contribution in [3.05, 3.63) is 63.6 Å². The maximum atomic E-state index is 13.5. The summed E-state index contributed by atoms with van der Waals surface area (Å²) in [6.07, 6.45) is 4.56. The number of aromatic nitrogens is 5. The maximum absolute atomic E-state index is 13.5. The number of hydrogen-bond acceptors (Lipinski definition) is 9. The van der Waals surface area contributed by atoms with E-state index in [2.05, 4.69) is 37.4 Å². The number of nitrogens with one attached hydrogen (secondary N) is 3. The van der Waals surface area contributed by atoms with E-state index < -0.39 is 0 Å². The van der Waals surface area contributed by atoms with Crippen LogP contribution in [0.5, 0.6) is 11.5 Å². The number of rotatable bonds is 8. The Labute approximate surface area is 238 Å². The molecule has 1 saturated heterocycles. The van der Waals surface area contributed by atoms with Crippen molar-refractivity contribution < 1.29 is 14.3 Å². The number of benzene rings is 1. The Morgan fingerprint density at radius 1 is 1.18 bits per heavy atom. The van der Waals surface area contributed by atoms with Gasteiger partial charge in [-0.05, 0) is 12.1 Å². The average molecular weight is 585 g/mol. The number of carbonyl (C=O) groups is 1. The Kier molecular flexibility index (Phi) is 7.55. The van der Waals surface area contributed by atoms with Crippen LogP contribution < -0.4 is 30.6 Å². The number of hydrogen-bond donors (Lipinski definition) is 3. The van der Waals surface area contributed by atoms with Gasteiger partial charge in [0, 0.05) is 55.6 Å². The van der Waals surface area contributed by atoms with E-state index >= 15 is 0 Å². The highest BCUT2D eigenvalue weighted by molar-refractivity contribution is 6.41. The number of anilines is 2. The first-order chi connectivity index (χ1) is 19.2. The Bertz CT molecular complexity index is 1630. The lowest BCUT2D eigenvalue weighted by Crippen LogP contribution is -2.45. The van der Waals surface area contributed by atoms with Crippen molar-refractivity contribution in [3.8, 4) is 22.6 Å². The SMILES string of the molecule is C=CC(=O)N[C@H]1CN(c2cc[nH]n2)C[C@H]1Nc1ncc2cc(-c3c(Cl)c(OC)cc(OC)c3Cl)c(=O)n(C)c2n1. The summed E-state index contributed by atoms with van der Waals surface area (Å²) < 4.78 is 12.1. The van der Waals surface area contributed by atoms with E-state index in [1.165, 1.54) is 24.9 Å². The standard InChI is InChI=1S/C26H26Cl2N8O4/c1-5-20(37)31-15-11-36(19-6-7-30-34-19)12-16(15)32-26-29-10-13-8-14(25(38)35(2)24(13)33-26)21-22(27)17(39-3)9-18(40-4)23(21)28/h5-10,15-16H,1,11-12H2,2-4H3,(H,30,34)(H,31,37)(H,29,32,33)/t15-,16+/m0/s1. The van der Waals surface area contributed by atoms with Crippen molar-refractivity contribution in [1.82, 2.24) is 30.0 Å². The molecule has 208 valence electrons. The van der Waals surface area contributed by atoms with E-state index in [1.807, 2.05) is 11.0 Å². The molecule has 0 unspecified atom stereocenters. The molecule has 3 N–H and O–H groups in total. The molecule has 0 saturated carbocycles. The summed E-state index contributed by atoms with van der Waals surface area (Å²) in [6.45, 7) is 4.59. The second-order valence-electron chi connectivity index (χ2n) is 9.09. The predicted octanol–water partition coefficient (Wildman–Crippen LogP) is 3.01. The van der Waals surface area contributed by atoms with Crippen LogP contribution in [0.2, 0.25) is 10.0 Å². The molecule has 4 aromatic rings. The molecule has 1 aliphatic heterocycles. The molecule has 40 heavy (non-hydrogen) atoms. The lowest BCUT2D eigenvalue weighted by molar-refractivity contribution is -0.117. The van der Waals surface area contributed by atoms with E-state index in [0.29, 0.717) is 41.6 Å². The van der Waals surface area contributed by atoms with Gasteiger partial charge in [-0.1, -0.05) is 29.8 Å². The molecule has 0 bridgehead atoms. The zero-order chi connectivity index (χ0) is 28.6. The monoisotopic (exact) mass is 584 g/mol. The summed E-state index contributed by atoms with van der Waals surface area (Å²) in [5.74, 6) is 1.38. The van der Waals surface area contributed by atoms with Gasteiger partial charge in [-0.3, -0.25) is 19.3 Å². The largest absolute Gasteiger partial charge is 0.495 e. The summed E-state index contributed by atoms with van der Waals surface area (Å²) >= 11 is 13.2. The Morgan fingerprint density at radius 2 is 1.88 bits per heavy atom. The average Bonchev–Trinajstić information content (AvgIpc) is 3.62. The van der Waals surface area contributed by atoms with Crippen molar-refractivity contribution in [2.45, 2.75) is 12.1 Å². The lowest BCUT2D eigenvalue weighted by atomic mass is 10.0. The second kappa shape index (κ2) is 11.1. The molecule has 0 spiro atoms. The minimum atomic E-state index is -0.377. The predicted molar refractivity (Wildman–Crippen MR) is 154 cm³/mol. The van der Waals surface area contributed by atoms with Crippen molar-refractivity contribution in [3.63, 3.8) is 0 Å². The number of nitrogens with zero attached hydrogens (tertiary/aromatic N) is 5. The van der Waals surface area contributed by atoms with Gasteiger partial charge in [0.2, 0.25) is 11.9 Å². The number of aryl methyl sites for hydroxylation is 1. The number of carbonyl (C=O) groups excluding carboxylic acids is 1. The first-order valence-corrected chi connectivity index (χ1v) is 12.9. The lowest BCUT2D eigenvalue weighted by Gasteiger charge is -2.20. The molecule has 12 nitrogen and oxygen atoms in total. The summed E-state index contributed by atoms with van der Waals surface area (Å²) in [6, 6.07) is 4.51. The van der Waals surface area contributed by atoms with Gasteiger partial charge in [0.15, 0.2) is 0 Å². The fraction of sp³-hybridized carbons (Fsp3) is 0.269. The van der Waals surface area contributed by atoms with Crippen LogP contribution >= 0.6 is 23.2 Å². The summed E-state index contributed by atoms with van der Waals surface area (Å²) in [7, 11) is 4.53. The molecule has 0 aliphatic carbocycles. The molecule has 1 amide bonds. The minimum Gasteiger partial charge on any atom is -0.495 e. The van der Waals surface area contributed by atoms with Crippen LogP contribution in [-0.4, -0.2) is 70.0 Å². The fourth-order valence-corrected chi connectivity index (χ4v) is 5.44. The number of methoxy groups -OCH3 is 2. The molecule has 1 aliphatic rings. The minimum absolute atomic E-state index is 0.180. The number of H-pyrrole nitrogens is 1. The Morgan fingerprint density at radius 3 is 2.50 bits per heavy atom.